The molecule has 3 rings (SSSR count). The summed E-state index contributed by atoms with van der Waals surface area (Å²) in [6, 6.07) is 15.7. The largest absolute Gasteiger partial charge is 0.496 e. The van der Waals surface area contributed by atoms with Crippen molar-refractivity contribution in [2.75, 3.05) is 13.4 Å². The Labute approximate surface area is 145 Å². The van der Waals surface area contributed by atoms with Gasteiger partial charge in [0, 0.05) is 22.2 Å². The van der Waals surface area contributed by atoms with Gasteiger partial charge in [0.05, 0.1) is 7.11 Å². The van der Waals surface area contributed by atoms with Gasteiger partial charge < -0.3 is 15.8 Å². The van der Waals surface area contributed by atoms with E-state index in [0.29, 0.717) is 5.75 Å². The topological polar surface area (TPSA) is 85.7 Å². The van der Waals surface area contributed by atoms with Gasteiger partial charge in [-0.3, -0.25) is 5.73 Å². The van der Waals surface area contributed by atoms with Crippen molar-refractivity contribution in [1.82, 2.24) is 5.32 Å². The summed E-state index contributed by atoms with van der Waals surface area (Å²) < 4.78 is 5.50. The van der Waals surface area contributed by atoms with Gasteiger partial charge >= 0.3 is 0 Å². The van der Waals surface area contributed by atoms with Crippen molar-refractivity contribution in [2.45, 2.75) is 10.6 Å². The first kappa shape index (κ1) is 16.4. The highest BCUT2D eigenvalue weighted by atomic mass is 32.2. The average Bonchev–Trinajstić information content (AvgIpc) is 2.61. The fourth-order valence-electron chi connectivity index (χ4n) is 2.85. The Bertz CT molecular complexity index is 818. The molecule has 0 radical (unpaired) electrons. The van der Waals surface area contributed by atoms with E-state index in [-0.39, 0.29) is 5.96 Å². The van der Waals surface area contributed by atoms with Crippen LogP contribution in [0.2, 0.25) is 0 Å². The lowest BCUT2D eigenvalue weighted by molar-refractivity contribution is 0.399. The first-order chi connectivity index (χ1) is 11.6. The fraction of sp³-hybridized carbons (Fsp3) is 0.167. The molecule has 1 aliphatic rings. The molecule has 1 atom stereocenters. The highest BCUT2D eigenvalue weighted by molar-refractivity contribution is 7.98. The minimum Gasteiger partial charge on any atom is -0.496 e. The first-order valence-electron chi connectivity index (χ1n) is 7.48. The Hall–Kier alpha value is -2.44. The number of rotatable bonds is 4. The predicted octanol–water partition coefficient (Wildman–Crippen LogP) is 2.49. The maximum Gasteiger partial charge on any atom is 0.195 e. The smallest absolute Gasteiger partial charge is 0.195 e. The Morgan fingerprint density at radius 1 is 1.12 bits per heavy atom. The summed E-state index contributed by atoms with van der Waals surface area (Å²) in [5.74, 6) is 0.944. The van der Waals surface area contributed by atoms with Crippen molar-refractivity contribution in [2.24, 2.45) is 16.5 Å². The van der Waals surface area contributed by atoms with Crippen LogP contribution >= 0.6 is 11.8 Å². The number of hydrogen-bond acceptors (Lipinski definition) is 6. The zero-order chi connectivity index (χ0) is 17.2. The van der Waals surface area contributed by atoms with Crippen LogP contribution in [0.3, 0.4) is 0 Å². The Kier molecular flexibility index (Phi) is 4.51. The molecule has 0 saturated heterocycles. The third kappa shape index (κ3) is 2.74. The Balaban J connectivity index is 2.22. The predicted molar refractivity (Wildman–Crippen MR) is 99.8 cm³/mol. The van der Waals surface area contributed by atoms with Gasteiger partial charge in [-0.2, -0.15) is 0 Å². The number of para-hydroxylation sites is 1. The van der Waals surface area contributed by atoms with Gasteiger partial charge in [0.15, 0.2) is 11.6 Å². The number of thioether (sulfide) groups is 1. The molecule has 1 heterocycles. The molecule has 0 saturated carbocycles. The molecule has 5 nitrogen and oxygen atoms in total. The number of nitrogens with zero attached hydrogens (tertiary/aromatic N) is 1. The minimum absolute atomic E-state index is 0.272. The molecule has 0 fully saturated rings. The van der Waals surface area contributed by atoms with Crippen LogP contribution in [0.5, 0.6) is 5.75 Å². The van der Waals surface area contributed by atoms with Crippen LogP contribution in [0.15, 0.2) is 64.6 Å². The molecule has 0 spiro atoms. The van der Waals surface area contributed by atoms with E-state index in [4.69, 9.17) is 16.2 Å². The summed E-state index contributed by atoms with van der Waals surface area (Å²) in [6.45, 7) is 0. The summed E-state index contributed by atoms with van der Waals surface area (Å²) in [4.78, 5) is 5.65. The quantitative estimate of drug-likeness (QED) is 0.745. The number of benzene rings is 2. The number of hydrogen-bond donors (Lipinski definition) is 3. The van der Waals surface area contributed by atoms with Crippen molar-refractivity contribution >= 4 is 23.3 Å². The second-order valence-corrected chi connectivity index (χ2v) is 6.21. The zero-order valence-corrected chi connectivity index (χ0v) is 14.4. The van der Waals surface area contributed by atoms with E-state index >= 15 is 0 Å². The fourth-order valence-corrected chi connectivity index (χ4v) is 3.47. The van der Waals surface area contributed by atoms with Crippen LogP contribution in [0.4, 0.5) is 0 Å². The molecule has 0 amide bonds. The van der Waals surface area contributed by atoms with Crippen LogP contribution in [-0.2, 0) is 5.66 Å². The SMILES string of the molecule is COc1ccccc1C1(N)N=C(N)NC=C1c1ccccc1SC. The number of nitrogens with two attached hydrogens (primary N) is 2. The second kappa shape index (κ2) is 6.59. The van der Waals surface area contributed by atoms with Crippen molar-refractivity contribution in [3.05, 3.63) is 65.9 Å². The molecule has 0 bridgehead atoms. The lowest BCUT2D eigenvalue weighted by Gasteiger charge is -2.34. The van der Waals surface area contributed by atoms with E-state index in [1.54, 1.807) is 18.9 Å². The van der Waals surface area contributed by atoms with Gasteiger partial charge in [-0.1, -0.05) is 36.4 Å². The molecular formula is C18H20N4OS. The first-order valence-corrected chi connectivity index (χ1v) is 8.71. The van der Waals surface area contributed by atoms with E-state index < -0.39 is 5.66 Å². The molecule has 5 N–H and O–H groups in total. The van der Waals surface area contributed by atoms with E-state index in [0.717, 1.165) is 21.6 Å². The minimum atomic E-state index is -1.13. The van der Waals surface area contributed by atoms with Gasteiger partial charge in [0.2, 0.25) is 0 Å². The van der Waals surface area contributed by atoms with Crippen LogP contribution in [0.1, 0.15) is 11.1 Å². The third-order valence-electron chi connectivity index (χ3n) is 3.99. The van der Waals surface area contributed by atoms with E-state index in [2.05, 4.69) is 16.4 Å². The van der Waals surface area contributed by atoms with Gasteiger partial charge in [-0.15, -0.1) is 11.8 Å². The summed E-state index contributed by atoms with van der Waals surface area (Å²) in [7, 11) is 1.62. The lowest BCUT2D eigenvalue weighted by Crippen LogP contribution is -2.45. The highest BCUT2D eigenvalue weighted by Gasteiger charge is 2.38. The monoisotopic (exact) mass is 340 g/mol. The van der Waals surface area contributed by atoms with Gasteiger partial charge in [0.25, 0.3) is 0 Å². The molecule has 6 heteroatoms. The molecule has 24 heavy (non-hydrogen) atoms. The average molecular weight is 340 g/mol. The summed E-state index contributed by atoms with van der Waals surface area (Å²) in [5, 5.41) is 2.98. The molecule has 1 aliphatic heterocycles. The molecule has 124 valence electrons. The van der Waals surface area contributed by atoms with Crippen LogP contribution in [0.25, 0.3) is 5.57 Å². The number of nitrogens with one attached hydrogen (secondary N) is 1. The zero-order valence-electron chi connectivity index (χ0n) is 13.6. The Morgan fingerprint density at radius 3 is 2.58 bits per heavy atom. The number of ether oxygens (including phenoxy) is 1. The molecule has 0 aromatic heterocycles. The van der Waals surface area contributed by atoms with Crippen LogP contribution in [-0.4, -0.2) is 19.3 Å². The second-order valence-electron chi connectivity index (χ2n) is 5.37. The lowest BCUT2D eigenvalue weighted by atomic mass is 9.86. The normalized spacial score (nSPS) is 20.0. The number of aliphatic imine (C=N–C) groups is 1. The highest BCUT2D eigenvalue weighted by Crippen LogP contribution is 2.42. The van der Waals surface area contributed by atoms with Crippen LogP contribution < -0.4 is 21.5 Å². The van der Waals surface area contributed by atoms with Crippen LogP contribution in [0, 0.1) is 0 Å². The van der Waals surface area contributed by atoms with Crippen molar-refractivity contribution < 1.29 is 4.74 Å². The standard InChI is InChI=1S/C18H20N4OS/c1-23-15-9-5-4-8-13(15)18(20)14(11-21-17(19)22-18)12-7-3-6-10-16(12)24-2/h3-11H,20H2,1-2H3,(H3,19,21,22). The van der Waals surface area contributed by atoms with Crippen molar-refractivity contribution in [3.8, 4) is 5.75 Å². The van der Waals surface area contributed by atoms with Crippen molar-refractivity contribution in [3.63, 3.8) is 0 Å². The maximum atomic E-state index is 6.78. The number of guanidine groups is 1. The summed E-state index contributed by atoms with van der Waals surface area (Å²) >= 11 is 1.66. The van der Waals surface area contributed by atoms with Gasteiger partial charge in [0.1, 0.15) is 5.75 Å². The van der Waals surface area contributed by atoms with E-state index in [9.17, 15) is 0 Å². The molecule has 0 aliphatic carbocycles. The van der Waals surface area contributed by atoms with E-state index in [1.807, 2.05) is 54.9 Å². The maximum absolute atomic E-state index is 6.78. The van der Waals surface area contributed by atoms with Crippen molar-refractivity contribution in [1.29, 1.82) is 0 Å². The third-order valence-corrected chi connectivity index (χ3v) is 4.78. The summed E-state index contributed by atoms with van der Waals surface area (Å²) in [5.41, 5.74) is 14.2. The number of methoxy groups -OCH3 is 1. The van der Waals surface area contributed by atoms with E-state index in [1.165, 1.54) is 0 Å². The molecule has 2 aromatic carbocycles. The summed E-state index contributed by atoms with van der Waals surface area (Å²) in [6.07, 6.45) is 3.86. The molecular weight excluding hydrogens is 320 g/mol. The van der Waals surface area contributed by atoms with Gasteiger partial charge in [-0.05, 0) is 24.0 Å². The van der Waals surface area contributed by atoms with Gasteiger partial charge in [-0.25, -0.2) is 4.99 Å². The Morgan fingerprint density at radius 2 is 1.83 bits per heavy atom. The molecule has 2 aromatic rings. The molecule has 1 unspecified atom stereocenters.